The Hall–Kier alpha value is -1.70. The maximum atomic E-state index is 11.2. The molecule has 0 aromatic heterocycles. The Balaban J connectivity index is 2.85. The van der Waals surface area contributed by atoms with E-state index in [-0.39, 0.29) is 6.42 Å². The van der Waals surface area contributed by atoms with Crippen molar-refractivity contribution >= 4 is 25.7 Å². The third kappa shape index (κ3) is 6.07. The monoisotopic (exact) mass is 354 g/mol. The summed E-state index contributed by atoms with van der Waals surface area (Å²) in [6.07, 6.45) is 0.479. The van der Waals surface area contributed by atoms with Gasteiger partial charge in [0.1, 0.15) is 0 Å². The number of aliphatic carboxylic acids is 2. The van der Waals surface area contributed by atoms with Crippen LogP contribution >= 0.6 is 0 Å². The molecule has 1 atom stereocenters. The number of rotatable bonds is 12. The van der Waals surface area contributed by atoms with Gasteiger partial charge in [0.2, 0.25) is 0 Å². The van der Waals surface area contributed by atoms with E-state index in [0.29, 0.717) is 32.1 Å². The third-order valence-corrected chi connectivity index (χ3v) is 7.53. The largest absolute Gasteiger partial charge is 0.481 e. The molecule has 0 aliphatic carbocycles. The van der Waals surface area contributed by atoms with Crippen molar-refractivity contribution in [1.29, 1.82) is 0 Å². The van der Waals surface area contributed by atoms with Crippen molar-refractivity contribution in [1.82, 2.24) is 0 Å². The Kier molecular flexibility index (Phi) is 8.66. The van der Waals surface area contributed by atoms with Crippen molar-refractivity contribution in [3.63, 3.8) is 0 Å². The number of carboxylic acid groups (broad SMARTS) is 2. The van der Waals surface area contributed by atoms with E-state index in [2.05, 4.69) is 0 Å². The Morgan fingerprint density at radius 1 is 1.08 bits per heavy atom. The third-order valence-electron chi connectivity index (χ3n) is 3.80. The zero-order valence-electron chi connectivity index (χ0n) is 14.2. The van der Waals surface area contributed by atoms with Crippen LogP contribution in [0.2, 0.25) is 6.04 Å². The molecular weight excluding hydrogens is 328 g/mol. The lowest BCUT2D eigenvalue weighted by Gasteiger charge is -2.30. The number of carbonyl (C=O) groups is 2. The highest BCUT2D eigenvalue weighted by Crippen LogP contribution is 2.22. The van der Waals surface area contributed by atoms with E-state index in [9.17, 15) is 9.59 Å². The van der Waals surface area contributed by atoms with Crippen LogP contribution in [0.4, 0.5) is 0 Å². The number of hydrogen-bond acceptors (Lipinski definition) is 4. The molecular formula is C17H26O6Si. The highest BCUT2D eigenvalue weighted by atomic mass is 28.4. The van der Waals surface area contributed by atoms with Crippen molar-refractivity contribution in [2.45, 2.75) is 39.2 Å². The van der Waals surface area contributed by atoms with Crippen molar-refractivity contribution in [3.8, 4) is 0 Å². The molecule has 0 spiro atoms. The summed E-state index contributed by atoms with van der Waals surface area (Å²) < 4.78 is 12.1. The van der Waals surface area contributed by atoms with Gasteiger partial charge in [-0.15, -0.1) is 0 Å². The van der Waals surface area contributed by atoms with Gasteiger partial charge in [-0.1, -0.05) is 36.8 Å². The summed E-state index contributed by atoms with van der Waals surface area (Å²) in [5.41, 5.74) is 0. The van der Waals surface area contributed by atoms with Crippen LogP contribution in [0.3, 0.4) is 0 Å². The second kappa shape index (κ2) is 10.2. The Labute approximate surface area is 143 Å². The van der Waals surface area contributed by atoms with E-state index in [4.69, 9.17) is 19.1 Å². The van der Waals surface area contributed by atoms with Gasteiger partial charge in [0.15, 0.2) is 0 Å². The molecule has 1 aromatic carbocycles. The van der Waals surface area contributed by atoms with Gasteiger partial charge >= 0.3 is 20.5 Å². The Morgan fingerprint density at radius 3 is 2.12 bits per heavy atom. The van der Waals surface area contributed by atoms with Gasteiger partial charge < -0.3 is 19.1 Å². The maximum absolute atomic E-state index is 11.2. The van der Waals surface area contributed by atoms with Gasteiger partial charge in [0.05, 0.1) is 12.3 Å². The molecule has 0 radical (unpaired) electrons. The first-order valence-electron chi connectivity index (χ1n) is 8.23. The molecule has 1 aromatic rings. The molecule has 134 valence electrons. The molecule has 0 aliphatic heterocycles. The normalized spacial score (nSPS) is 12.8. The SMILES string of the molecule is CCO[Si](CCCC(CC(=O)O)C(=O)O)(OCC)c1ccccc1. The van der Waals surface area contributed by atoms with Crippen LogP contribution in [-0.4, -0.2) is 43.9 Å². The lowest BCUT2D eigenvalue weighted by Crippen LogP contribution is -2.53. The highest BCUT2D eigenvalue weighted by Gasteiger charge is 2.39. The molecule has 0 heterocycles. The fourth-order valence-corrected chi connectivity index (χ4v) is 6.06. The van der Waals surface area contributed by atoms with Crippen molar-refractivity contribution in [2.24, 2.45) is 5.92 Å². The minimum absolute atomic E-state index is 0.295. The fourth-order valence-electron chi connectivity index (χ4n) is 2.76. The van der Waals surface area contributed by atoms with Crippen LogP contribution in [0.25, 0.3) is 0 Å². The second-order valence-corrected chi connectivity index (χ2v) is 8.67. The molecule has 0 aliphatic rings. The first-order valence-corrected chi connectivity index (χ1v) is 10.3. The molecule has 1 rings (SSSR count). The van der Waals surface area contributed by atoms with Crippen LogP contribution in [0.1, 0.15) is 33.1 Å². The lowest BCUT2D eigenvalue weighted by atomic mass is 10.0. The fraction of sp³-hybridized carbons (Fsp3) is 0.529. The molecule has 0 bridgehead atoms. The molecule has 0 saturated heterocycles. The zero-order valence-corrected chi connectivity index (χ0v) is 15.2. The minimum Gasteiger partial charge on any atom is -0.481 e. The van der Waals surface area contributed by atoms with Crippen LogP contribution in [0.15, 0.2) is 30.3 Å². The van der Waals surface area contributed by atoms with E-state index < -0.39 is 26.4 Å². The maximum Gasteiger partial charge on any atom is 0.372 e. The van der Waals surface area contributed by atoms with Gasteiger partial charge in [-0.05, 0) is 31.5 Å². The van der Waals surface area contributed by atoms with E-state index in [1.165, 1.54) is 0 Å². The summed E-state index contributed by atoms with van der Waals surface area (Å²) in [5.74, 6) is -3.05. The van der Waals surface area contributed by atoms with Crippen LogP contribution in [-0.2, 0) is 18.4 Å². The molecule has 0 saturated carbocycles. The first-order chi connectivity index (χ1) is 11.4. The van der Waals surface area contributed by atoms with Gasteiger partial charge in [-0.25, -0.2) is 0 Å². The summed E-state index contributed by atoms with van der Waals surface area (Å²) in [7, 11) is -2.65. The van der Waals surface area contributed by atoms with E-state index in [1.54, 1.807) is 0 Å². The summed E-state index contributed by atoms with van der Waals surface area (Å²) in [6, 6.07) is 10.3. The van der Waals surface area contributed by atoms with Crippen molar-refractivity contribution in [3.05, 3.63) is 30.3 Å². The Bertz CT molecular complexity index is 513. The van der Waals surface area contributed by atoms with Crippen LogP contribution in [0, 0.1) is 5.92 Å². The quantitative estimate of drug-likeness (QED) is 0.560. The molecule has 0 fully saturated rings. The van der Waals surface area contributed by atoms with Crippen molar-refractivity contribution < 1.29 is 28.7 Å². The summed E-state index contributed by atoms with van der Waals surface area (Å²) in [5, 5.41) is 19.0. The molecule has 2 N–H and O–H groups in total. The molecule has 0 amide bonds. The minimum atomic E-state index is -2.65. The first kappa shape index (κ1) is 20.3. The van der Waals surface area contributed by atoms with Gasteiger partial charge in [-0.3, -0.25) is 9.59 Å². The number of carboxylic acids is 2. The topological polar surface area (TPSA) is 93.1 Å². The van der Waals surface area contributed by atoms with Crippen LogP contribution < -0.4 is 5.19 Å². The van der Waals surface area contributed by atoms with E-state index in [1.807, 2.05) is 44.2 Å². The lowest BCUT2D eigenvalue weighted by molar-refractivity contribution is -0.148. The van der Waals surface area contributed by atoms with Gasteiger partial charge in [0.25, 0.3) is 0 Å². The van der Waals surface area contributed by atoms with Crippen molar-refractivity contribution in [2.75, 3.05) is 13.2 Å². The predicted molar refractivity (Wildman–Crippen MR) is 92.5 cm³/mol. The van der Waals surface area contributed by atoms with Crippen LogP contribution in [0.5, 0.6) is 0 Å². The average Bonchev–Trinajstić information content (AvgIpc) is 2.54. The molecule has 24 heavy (non-hydrogen) atoms. The van der Waals surface area contributed by atoms with Gasteiger partial charge in [-0.2, -0.15) is 0 Å². The second-order valence-electron chi connectivity index (χ2n) is 5.51. The Morgan fingerprint density at radius 2 is 1.67 bits per heavy atom. The molecule has 1 unspecified atom stereocenters. The highest BCUT2D eigenvalue weighted by molar-refractivity contribution is 6.81. The summed E-state index contributed by atoms with van der Waals surface area (Å²) >= 11 is 0. The average molecular weight is 354 g/mol. The van der Waals surface area contributed by atoms with E-state index >= 15 is 0 Å². The zero-order chi connectivity index (χ0) is 18.0. The van der Waals surface area contributed by atoms with E-state index in [0.717, 1.165) is 5.19 Å². The molecule has 6 nitrogen and oxygen atoms in total. The summed E-state index contributed by atoms with van der Waals surface area (Å²) in [4.78, 5) is 22.0. The summed E-state index contributed by atoms with van der Waals surface area (Å²) in [6.45, 7) is 4.85. The predicted octanol–water partition coefficient (Wildman–Crippen LogP) is 2.36. The standard InChI is InChI=1S/C17H26O6Si/c1-3-22-24(23-4-2,15-10-6-5-7-11-15)12-8-9-14(17(20)21)13-16(18)19/h5-7,10-11,14H,3-4,8-9,12-13H2,1-2H3,(H,18,19)(H,20,21). The molecule has 7 heteroatoms. The number of hydrogen-bond donors (Lipinski definition) is 2. The smallest absolute Gasteiger partial charge is 0.372 e. The number of benzene rings is 1. The van der Waals surface area contributed by atoms with Gasteiger partial charge in [0, 0.05) is 13.2 Å².